The van der Waals surface area contributed by atoms with Crippen LogP contribution in [0.5, 0.6) is 0 Å². The van der Waals surface area contributed by atoms with Gasteiger partial charge in [0.15, 0.2) is 9.84 Å². The molecule has 2 aliphatic rings. The van der Waals surface area contributed by atoms with Gasteiger partial charge in [-0.25, -0.2) is 12.8 Å². The molecule has 2 aromatic carbocycles. The van der Waals surface area contributed by atoms with Crippen molar-refractivity contribution < 1.29 is 12.8 Å². The third-order valence-corrected chi connectivity index (χ3v) is 7.05. The van der Waals surface area contributed by atoms with Crippen molar-refractivity contribution in [3.05, 3.63) is 65.5 Å². The fourth-order valence-electron chi connectivity index (χ4n) is 4.77. The minimum absolute atomic E-state index is 0.176. The molecule has 2 fully saturated rings. The van der Waals surface area contributed by atoms with Crippen molar-refractivity contribution in [1.29, 1.82) is 0 Å². The van der Waals surface area contributed by atoms with Crippen LogP contribution in [0, 0.1) is 17.7 Å². The molecule has 4 rings (SSSR count). The summed E-state index contributed by atoms with van der Waals surface area (Å²) in [4.78, 5) is 5.14. The van der Waals surface area contributed by atoms with Crippen molar-refractivity contribution in [2.75, 3.05) is 32.9 Å². The van der Waals surface area contributed by atoms with Crippen molar-refractivity contribution >= 4 is 9.84 Å². The van der Waals surface area contributed by atoms with Crippen molar-refractivity contribution in [2.45, 2.75) is 17.5 Å². The van der Waals surface area contributed by atoms with Gasteiger partial charge in [-0.3, -0.25) is 9.80 Å². The topological polar surface area (TPSA) is 40.6 Å². The molecule has 27 heavy (non-hydrogen) atoms. The lowest BCUT2D eigenvalue weighted by Crippen LogP contribution is -2.29. The van der Waals surface area contributed by atoms with Crippen LogP contribution in [0.4, 0.5) is 4.39 Å². The summed E-state index contributed by atoms with van der Waals surface area (Å²) < 4.78 is 36.9. The molecule has 2 heterocycles. The molecule has 4 nitrogen and oxygen atoms in total. The maximum Gasteiger partial charge on any atom is 0.175 e. The Morgan fingerprint density at radius 1 is 1.07 bits per heavy atom. The van der Waals surface area contributed by atoms with Crippen LogP contribution in [0.1, 0.15) is 17.2 Å². The van der Waals surface area contributed by atoms with Crippen LogP contribution < -0.4 is 0 Å². The largest absolute Gasteiger partial charge is 0.299 e. The third kappa shape index (κ3) is 3.79. The maximum absolute atomic E-state index is 13.7. The monoisotopic (exact) mass is 388 g/mol. The first-order chi connectivity index (χ1) is 12.8. The molecule has 0 radical (unpaired) electrons. The number of likely N-dealkylation sites (tertiary alicyclic amines) is 2. The summed E-state index contributed by atoms with van der Waals surface area (Å²) in [6.07, 6.45) is 1.23. The highest BCUT2D eigenvalue weighted by atomic mass is 32.2. The van der Waals surface area contributed by atoms with Crippen molar-refractivity contribution in [2.24, 2.45) is 11.8 Å². The SMILES string of the molecule is CN1C[C@H]2CN(Cc3ccc(S(C)(=O)=O)cc3)C[C@H]2[C@@H]1c1cccc(F)c1. The average Bonchev–Trinajstić information content (AvgIpc) is 3.10. The molecule has 6 heteroatoms. The molecule has 3 atom stereocenters. The van der Waals surface area contributed by atoms with E-state index in [2.05, 4.69) is 16.8 Å². The van der Waals surface area contributed by atoms with E-state index in [0.29, 0.717) is 16.7 Å². The summed E-state index contributed by atoms with van der Waals surface area (Å²) in [5.41, 5.74) is 2.18. The number of nitrogens with zero attached hydrogens (tertiary/aromatic N) is 2. The minimum atomic E-state index is -3.16. The van der Waals surface area contributed by atoms with Gasteiger partial charge in [0.2, 0.25) is 0 Å². The number of rotatable bonds is 4. The standard InChI is InChI=1S/C21H25FN2O2S/c1-23-12-17-13-24(11-15-6-8-19(9-7-15)27(2,25)26)14-20(17)21(23)16-4-3-5-18(22)10-16/h3-10,17,20-21H,11-14H2,1-2H3/t17-,20+,21-/m0/s1. The highest BCUT2D eigenvalue weighted by Gasteiger charge is 2.45. The van der Waals surface area contributed by atoms with Crippen LogP contribution in [0.2, 0.25) is 0 Å². The molecule has 2 aromatic rings. The zero-order valence-corrected chi connectivity index (χ0v) is 16.5. The number of hydrogen-bond donors (Lipinski definition) is 0. The zero-order valence-electron chi connectivity index (χ0n) is 15.7. The van der Waals surface area contributed by atoms with Gasteiger partial charge in [-0.1, -0.05) is 24.3 Å². The summed E-state index contributed by atoms with van der Waals surface area (Å²) in [6, 6.07) is 14.4. The number of fused-ring (bicyclic) bond motifs is 1. The Kier molecular flexibility index (Phi) is 4.82. The molecule has 0 unspecified atom stereocenters. The summed E-state index contributed by atoms with van der Waals surface area (Å²) >= 11 is 0. The lowest BCUT2D eigenvalue weighted by molar-refractivity contribution is 0.224. The fourth-order valence-corrected chi connectivity index (χ4v) is 5.40. The van der Waals surface area contributed by atoms with Crippen molar-refractivity contribution in [1.82, 2.24) is 9.80 Å². The maximum atomic E-state index is 13.7. The molecule has 0 bridgehead atoms. The molecule has 0 spiro atoms. The fraction of sp³-hybridized carbons (Fsp3) is 0.429. The smallest absolute Gasteiger partial charge is 0.175 e. The van der Waals surface area contributed by atoms with Gasteiger partial charge >= 0.3 is 0 Å². The van der Waals surface area contributed by atoms with Crippen LogP contribution in [-0.2, 0) is 16.4 Å². The molecule has 0 saturated carbocycles. The van der Waals surface area contributed by atoms with E-state index in [-0.39, 0.29) is 11.9 Å². The van der Waals surface area contributed by atoms with Crippen molar-refractivity contribution in [3.8, 4) is 0 Å². The first-order valence-corrected chi connectivity index (χ1v) is 11.2. The number of hydrogen-bond acceptors (Lipinski definition) is 4. The molecular formula is C21H25FN2O2S. The van der Waals surface area contributed by atoms with Crippen LogP contribution in [-0.4, -0.2) is 51.2 Å². The summed E-state index contributed by atoms with van der Waals surface area (Å²) in [6.45, 7) is 3.84. The predicted molar refractivity (Wildman–Crippen MR) is 104 cm³/mol. The summed E-state index contributed by atoms with van der Waals surface area (Å²) in [7, 11) is -1.03. The van der Waals surface area contributed by atoms with E-state index < -0.39 is 9.84 Å². The highest BCUT2D eigenvalue weighted by Crippen LogP contribution is 2.44. The first-order valence-electron chi connectivity index (χ1n) is 9.28. The van der Waals surface area contributed by atoms with Gasteiger partial charge < -0.3 is 0 Å². The Bertz CT molecular complexity index is 929. The lowest BCUT2D eigenvalue weighted by Gasteiger charge is -2.27. The van der Waals surface area contributed by atoms with Crippen molar-refractivity contribution in [3.63, 3.8) is 0 Å². The summed E-state index contributed by atoms with van der Waals surface area (Å²) in [5.74, 6) is 0.899. The van der Waals surface area contributed by atoms with Gasteiger partial charge in [0, 0.05) is 38.5 Å². The molecular weight excluding hydrogens is 363 g/mol. The molecule has 0 aromatic heterocycles. The van der Waals surface area contributed by atoms with Gasteiger partial charge in [0.05, 0.1) is 4.90 Å². The average molecular weight is 389 g/mol. The van der Waals surface area contributed by atoms with E-state index in [1.54, 1.807) is 24.3 Å². The molecule has 2 aliphatic heterocycles. The van der Waals surface area contributed by atoms with Crippen LogP contribution in [0.3, 0.4) is 0 Å². The van der Waals surface area contributed by atoms with Crippen LogP contribution in [0.25, 0.3) is 0 Å². The summed E-state index contributed by atoms with van der Waals surface area (Å²) in [5, 5.41) is 0. The van der Waals surface area contributed by atoms with E-state index in [4.69, 9.17) is 0 Å². The quantitative estimate of drug-likeness (QED) is 0.808. The second kappa shape index (κ2) is 7.00. The number of sulfone groups is 1. The van der Waals surface area contributed by atoms with Gasteiger partial charge in [-0.2, -0.15) is 0 Å². The normalized spacial score (nSPS) is 26.4. The van der Waals surface area contributed by atoms with E-state index in [0.717, 1.165) is 37.3 Å². The van der Waals surface area contributed by atoms with E-state index in [9.17, 15) is 12.8 Å². The Morgan fingerprint density at radius 2 is 1.81 bits per heavy atom. The number of benzene rings is 2. The predicted octanol–water partition coefficient (Wildman–Crippen LogP) is 2.96. The second-order valence-corrected chi connectivity index (χ2v) is 9.99. The zero-order chi connectivity index (χ0) is 19.2. The molecule has 144 valence electrons. The van der Waals surface area contributed by atoms with E-state index in [1.165, 1.54) is 12.3 Å². The molecule has 0 aliphatic carbocycles. The highest BCUT2D eigenvalue weighted by molar-refractivity contribution is 7.90. The first kappa shape index (κ1) is 18.6. The van der Waals surface area contributed by atoms with Gasteiger partial charge in [-0.05, 0) is 54.3 Å². The Balaban J connectivity index is 1.47. The van der Waals surface area contributed by atoms with Crippen LogP contribution >= 0.6 is 0 Å². The Hall–Kier alpha value is -1.76. The second-order valence-electron chi connectivity index (χ2n) is 7.97. The third-order valence-electron chi connectivity index (χ3n) is 5.92. The molecule has 2 saturated heterocycles. The van der Waals surface area contributed by atoms with E-state index >= 15 is 0 Å². The van der Waals surface area contributed by atoms with Gasteiger partial charge in [0.1, 0.15) is 5.82 Å². The Morgan fingerprint density at radius 3 is 2.48 bits per heavy atom. The van der Waals surface area contributed by atoms with E-state index in [1.807, 2.05) is 18.2 Å². The van der Waals surface area contributed by atoms with Gasteiger partial charge in [0.25, 0.3) is 0 Å². The minimum Gasteiger partial charge on any atom is -0.299 e. The lowest BCUT2D eigenvalue weighted by atomic mass is 9.89. The number of halogens is 1. The molecule has 0 amide bonds. The molecule has 0 N–H and O–H groups in total. The van der Waals surface area contributed by atoms with Gasteiger partial charge in [-0.15, -0.1) is 0 Å². The Labute approximate surface area is 160 Å². The van der Waals surface area contributed by atoms with Crippen LogP contribution in [0.15, 0.2) is 53.4 Å².